The van der Waals surface area contributed by atoms with Gasteiger partial charge in [-0.15, -0.1) is 0 Å². The minimum Gasteiger partial charge on any atom is -0.299 e. The van der Waals surface area contributed by atoms with Crippen LogP contribution in [0.4, 0.5) is 0 Å². The fourth-order valence-electron chi connectivity index (χ4n) is 1.49. The summed E-state index contributed by atoms with van der Waals surface area (Å²) in [5.41, 5.74) is -0.286. The first-order valence-electron chi connectivity index (χ1n) is 5.22. The predicted octanol–water partition coefficient (Wildman–Crippen LogP) is 2.31. The molecule has 74 valence electrons. The Balaban J connectivity index is 2.34. The highest BCUT2D eigenvalue weighted by Gasteiger charge is 2.32. The summed E-state index contributed by atoms with van der Waals surface area (Å²) in [4.78, 5) is 0. The smallest absolute Gasteiger partial charge is 0.104 e. The molecule has 0 radical (unpaired) electrons. The predicted molar refractivity (Wildman–Crippen MR) is 54.2 cm³/mol. The summed E-state index contributed by atoms with van der Waals surface area (Å²) in [6.45, 7) is 7.30. The van der Waals surface area contributed by atoms with Gasteiger partial charge in [-0.1, -0.05) is 26.7 Å². The van der Waals surface area contributed by atoms with Gasteiger partial charge in [0.2, 0.25) is 0 Å². The molecular formula is C11H20N2. The number of rotatable bonds is 5. The number of hydrogen-bond donors (Lipinski definition) is 1. The van der Waals surface area contributed by atoms with Crippen LogP contribution in [-0.2, 0) is 0 Å². The Hall–Kier alpha value is -0.550. The molecule has 13 heavy (non-hydrogen) atoms. The lowest BCUT2D eigenvalue weighted by Crippen LogP contribution is -2.43. The molecule has 0 aromatic heterocycles. The molecule has 0 bridgehead atoms. The van der Waals surface area contributed by atoms with Crippen LogP contribution >= 0.6 is 0 Å². The topological polar surface area (TPSA) is 35.8 Å². The first kappa shape index (κ1) is 10.5. The van der Waals surface area contributed by atoms with Crippen LogP contribution in [-0.4, -0.2) is 12.1 Å². The van der Waals surface area contributed by atoms with Gasteiger partial charge >= 0.3 is 0 Å². The van der Waals surface area contributed by atoms with E-state index in [1.54, 1.807) is 0 Å². The second kappa shape index (κ2) is 4.11. The van der Waals surface area contributed by atoms with Gasteiger partial charge in [-0.2, -0.15) is 5.26 Å². The molecule has 1 fully saturated rings. The summed E-state index contributed by atoms with van der Waals surface area (Å²) >= 11 is 0. The molecule has 1 rings (SSSR count). The van der Waals surface area contributed by atoms with Crippen LogP contribution < -0.4 is 5.32 Å². The van der Waals surface area contributed by atoms with Gasteiger partial charge in [-0.25, -0.2) is 0 Å². The molecule has 1 unspecified atom stereocenters. The van der Waals surface area contributed by atoms with Crippen LogP contribution in [0.1, 0.15) is 40.0 Å². The molecule has 0 aliphatic heterocycles. The van der Waals surface area contributed by atoms with Crippen LogP contribution in [0.5, 0.6) is 0 Å². The molecule has 1 saturated carbocycles. The average Bonchev–Trinajstić information content (AvgIpc) is 2.85. The highest BCUT2D eigenvalue weighted by atomic mass is 15.0. The molecule has 0 saturated heterocycles. The third kappa shape index (κ3) is 3.78. The lowest BCUT2D eigenvalue weighted by molar-refractivity contribution is 0.373. The molecule has 2 heteroatoms. The zero-order valence-electron chi connectivity index (χ0n) is 8.93. The van der Waals surface area contributed by atoms with E-state index in [1.165, 1.54) is 12.8 Å². The fraction of sp³-hybridized carbons (Fsp3) is 0.909. The second-order valence-corrected chi connectivity index (χ2v) is 4.87. The van der Waals surface area contributed by atoms with E-state index < -0.39 is 0 Å². The largest absolute Gasteiger partial charge is 0.299 e. The third-order valence-corrected chi connectivity index (χ3v) is 2.54. The van der Waals surface area contributed by atoms with E-state index in [1.807, 2.05) is 6.92 Å². The Morgan fingerprint density at radius 2 is 2.15 bits per heavy atom. The summed E-state index contributed by atoms with van der Waals surface area (Å²) in [7, 11) is 0. The van der Waals surface area contributed by atoms with Gasteiger partial charge in [-0.05, 0) is 31.7 Å². The first-order chi connectivity index (χ1) is 6.06. The highest BCUT2D eigenvalue weighted by molar-refractivity contribution is 5.06. The Morgan fingerprint density at radius 3 is 2.54 bits per heavy atom. The molecule has 1 N–H and O–H groups in total. The van der Waals surface area contributed by atoms with Gasteiger partial charge in [0.1, 0.15) is 5.54 Å². The number of nitrogens with zero attached hydrogens (tertiary/aromatic N) is 1. The van der Waals surface area contributed by atoms with Gasteiger partial charge in [0.15, 0.2) is 0 Å². The van der Waals surface area contributed by atoms with Crippen molar-refractivity contribution in [3.05, 3.63) is 0 Å². The van der Waals surface area contributed by atoms with E-state index in [4.69, 9.17) is 5.26 Å². The number of nitrogens with one attached hydrogen (secondary N) is 1. The quantitative estimate of drug-likeness (QED) is 0.704. The van der Waals surface area contributed by atoms with Crippen LogP contribution in [0.15, 0.2) is 0 Å². The molecule has 0 amide bonds. The molecule has 2 nitrogen and oxygen atoms in total. The maximum atomic E-state index is 9.06. The van der Waals surface area contributed by atoms with Crippen LogP contribution in [0.2, 0.25) is 0 Å². The van der Waals surface area contributed by atoms with E-state index in [0.29, 0.717) is 5.92 Å². The standard InChI is InChI=1S/C11H20N2/c1-9(2)7-13-11(3,8-12)6-10-4-5-10/h9-10,13H,4-7H2,1-3H3. The minimum absolute atomic E-state index is 0.286. The van der Waals surface area contributed by atoms with Gasteiger partial charge in [-0.3, -0.25) is 5.32 Å². The Kier molecular flexibility index (Phi) is 3.33. The van der Waals surface area contributed by atoms with Gasteiger partial charge < -0.3 is 0 Å². The van der Waals surface area contributed by atoms with E-state index in [0.717, 1.165) is 18.9 Å². The number of nitriles is 1. The second-order valence-electron chi connectivity index (χ2n) is 4.87. The van der Waals surface area contributed by atoms with E-state index in [9.17, 15) is 0 Å². The zero-order chi connectivity index (χ0) is 9.90. The molecular weight excluding hydrogens is 160 g/mol. The molecule has 0 aromatic carbocycles. The monoisotopic (exact) mass is 180 g/mol. The maximum Gasteiger partial charge on any atom is 0.104 e. The summed E-state index contributed by atoms with van der Waals surface area (Å²) < 4.78 is 0. The molecule has 1 aliphatic carbocycles. The molecule has 0 aromatic rings. The summed E-state index contributed by atoms with van der Waals surface area (Å²) in [6.07, 6.45) is 3.66. The molecule has 1 atom stereocenters. The Morgan fingerprint density at radius 1 is 1.54 bits per heavy atom. The van der Waals surface area contributed by atoms with Crippen molar-refractivity contribution in [1.29, 1.82) is 5.26 Å². The maximum absolute atomic E-state index is 9.06. The minimum atomic E-state index is -0.286. The number of hydrogen-bond acceptors (Lipinski definition) is 2. The lowest BCUT2D eigenvalue weighted by atomic mass is 9.96. The van der Waals surface area contributed by atoms with Crippen molar-refractivity contribution >= 4 is 0 Å². The molecule has 0 heterocycles. The van der Waals surface area contributed by atoms with Crippen LogP contribution in [0.25, 0.3) is 0 Å². The van der Waals surface area contributed by atoms with E-state index in [-0.39, 0.29) is 5.54 Å². The van der Waals surface area contributed by atoms with Crippen molar-refractivity contribution < 1.29 is 0 Å². The Bertz CT molecular complexity index is 201. The van der Waals surface area contributed by atoms with Crippen molar-refractivity contribution in [3.63, 3.8) is 0 Å². The van der Waals surface area contributed by atoms with Gasteiger partial charge in [0.05, 0.1) is 6.07 Å². The van der Waals surface area contributed by atoms with E-state index in [2.05, 4.69) is 25.2 Å². The first-order valence-corrected chi connectivity index (χ1v) is 5.22. The SMILES string of the molecule is CC(C)CNC(C)(C#N)CC1CC1. The average molecular weight is 180 g/mol. The van der Waals surface area contributed by atoms with Crippen molar-refractivity contribution in [1.82, 2.24) is 5.32 Å². The summed E-state index contributed by atoms with van der Waals surface area (Å²) in [6, 6.07) is 2.39. The van der Waals surface area contributed by atoms with Crippen molar-refractivity contribution in [2.24, 2.45) is 11.8 Å². The third-order valence-electron chi connectivity index (χ3n) is 2.54. The molecule has 1 aliphatic rings. The van der Waals surface area contributed by atoms with Gasteiger partial charge in [0.25, 0.3) is 0 Å². The zero-order valence-corrected chi connectivity index (χ0v) is 8.93. The Labute approximate surface area is 81.3 Å². The van der Waals surface area contributed by atoms with Crippen molar-refractivity contribution in [3.8, 4) is 6.07 Å². The van der Waals surface area contributed by atoms with E-state index >= 15 is 0 Å². The molecule has 0 spiro atoms. The van der Waals surface area contributed by atoms with Crippen LogP contribution in [0, 0.1) is 23.2 Å². The summed E-state index contributed by atoms with van der Waals surface area (Å²) in [5.74, 6) is 1.43. The fourth-order valence-corrected chi connectivity index (χ4v) is 1.49. The van der Waals surface area contributed by atoms with Crippen molar-refractivity contribution in [2.45, 2.75) is 45.6 Å². The normalized spacial score (nSPS) is 21.2. The summed E-state index contributed by atoms with van der Waals surface area (Å²) in [5, 5.41) is 12.4. The van der Waals surface area contributed by atoms with Crippen molar-refractivity contribution in [2.75, 3.05) is 6.54 Å². The van der Waals surface area contributed by atoms with Crippen LogP contribution in [0.3, 0.4) is 0 Å². The lowest BCUT2D eigenvalue weighted by Gasteiger charge is -2.24. The highest BCUT2D eigenvalue weighted by Crippen LogP contribution is 2.36. The van der Waals surface area contributed by atoms with Gasteiger partial charge in [0, 0.05) is 0 Å².